The lowest BCUT2D eigenvalue weighted by Crippen LogP contribution is -2.16. The summed E-state index contributed by atoms with van der Waals surface area (Å²) < 4.78 is 6.41. The number of anilines is 1. The number of nitrogens with two attached hydrogens (primary N) is 1. The van der Waals surface area contributed by atoms with E-state index in [9.17, 15) is 4.79 Å². The topological polar surface area (TPSA) is 90.4 Å². The Bertz CT molecular complexity index is 374. The second-order valence-corrected chi connectivity index (χ2v) is 3.54. The first-order valence-electron chi connectivity index (χ1n) is 5.12. The van der Waals surface area contributed by atoms with Gasteiger partial charge in [0.1, 0.15) is 6.54 Å². The number of ether oxygens (including phenoxy) is 1. The molecule has 0 fully saturated rings. The van der Waals surface area contributed by atoms with Crippen LogP contribution in [-0.4, -0.2) is 34.1 Å². The Morgan fingerprint density at radius 2 is 2.25 bits per heavy atom. The quantitative estimate of drug-likeness (QED) is 0.546. The average Bonchev–Trinajstić information content (AvgIpc) is 2.47. The summed E-state index contributed by atoms with van der Waals surface area (Å²) in [5.74, 6) is -0.376. The fourth-order valence-corrected chi connectivity index (χ4v) is 1.28. The Balaban J connectivity index is 2.53. The minimum Gasteiger partial charge on any atom is -0.464 e. The zero-order chi connectivity index (χ0) is 12.1. The molecule has 0 radical (unpaired) electrons. The van der Waals surface area contributed by atoms with Crippen LogP contribution in [0.4, 0.5) is 5.69 Å². The van der Waals surface area contributed by atoms with Crippen LogP contribution < -0.4 is 5.73 Å². The molecule has 0 saturated heterocycles. The van der Waals surface area contributed by atoms with E-state index in [-0.39, 0.29) is 25.7 Å². The van der Waals surface area contributed by atoms with Gasteiger partial charge < -0.3 is 15.6 Å². The zero-order valence-electron chi connectivity index (χ0n) is 9.56. The maximum atomic E-state index is 11.4. The fourth-order valence-electron chi connectivity index (χ4n) is 1.28. The molecule has 0 aliphatic carbocycles. The monoisotopic (exact) mass is 227 g/mol. The lowest BCUT2D eigenvalue weighted by molar-refractivity contribution is -0.144. The summed E-state index contributed by atoms with van der Waals surface area (Å²) in [7, 11) is 0. The molecule has 0 bridgehead atoms. The number of carbonyl (C=O) groups excluding carboxylic acids is 1. The number of carbonyl (C=O) groups is 1. The highest BCUT2D eigenvalue weighted by Gasteiger charge is 2.11. The first kappa shape index (κ1) is 12.5. The number of nitrogen functional groups attached to an aromatic ring is 1. The number of esters is 1. The number of nitrogens with zero attached hydrogens (tertiary/aromatic N) is 2. The number of hydrogen-bond donors (Lipinski definition) is 2. The van der Waals surface area contributed by atoms with Crippen LogP contribution >= 0.6 is 0 Å². The van der Waals surface area contributed by atoms with Gasteiger partial charge in [0.05, 0.1) is 23.7 Å². The second-order valence-electron chi connectivity index (χ2n) is 3.54. The minimum absolute atomic E-state index is 0.0140. The highest BCUT2D eigenvalue weighted by molar-refractivity contribution is 5.69. The van der Waals surface area contributed by atoms with Gasteiger partial charge in [0, 0.05) is 13.0 Å². The summed E-state index contributed by atoms with van der Waals surface area (Å²) in [5.41, 5.74) is 7.80. The second kappa shape index (κ2) is 5.50. The zero-order valence-corrected chi connectivity index (χ0v) is 9.56. The van der Waals surface area contributed by atoms with Crippen LogP contribution in [0.1, 0.15) is 17.8 Å². The summed E-state index contributed by atoms with van der Waals surface area (Å²) in [6, 6.07) is 0. The lowest BCUT2D eigenvalue weighted by Gasteiger charge is -2.05. The molecule has 1 rings (SSSR count). The largest absolute Gasteiger partial charge is 0.464 e. The number of aliphatic hydroxyl groups is 1. The summed E-state index contributed by atoms with van der Waals surface area (Å²) in [6.07, 6.45) is 0.449. The highest BCUT2D eigenvalue weighted by Crippen LogP contribution is 2.14. The van der Waals surface area contributed by atoms with E-state index in [1.54, 1.807) is 13.8 Å². The summed E-state index contributed by atoms with van der Waals surface area (Å²) in [4.78, 5) is 11.4. The van der Waals surface area contributed by atoms with Crippen LogP contribution in [0.15, 0.2) is 0 Å². The van der Waals surface area contributed by atoms with Crippen LogP contribution in [0.25, 0.3) is 0 Å². The van der Waals surface area contributed by atoms with Gasteiger partial charge in [-0.3, -0.25) is 9.48 Å². The van der Waals surface area contributed by atoms with Gasteiger partial charge in [-0.15, -0.1) is 0 Å². The summed E-state index contributed by atoms with van der Waals surface area (Å²) in [6.45, 7) is 3.88. The standard InChI is InChI=1S/C10H17N3O3/c1-7-10(11)8(2)13(12-7)6-9(15)16-5-3-4-14/h14H,3-6,11H2,1-2H3. The van der Waals surface area contributed by atoms with E-state index in [1.807, 2.05) is 0 Å². The van der Waals surface area contributed by atoms with Crippen molar-refractivity contribution < 1.29 is 14.6 Å². The van der Waals surface area contributed by atoms with Gasteiger partial charge in [-0.05, 0) is 13.8 Å². The van der Waals surface area contributed by atoms with E-state index in [4.69, 9.17) is 15.6 Å². The molecule has 1 aromatic rings. The van der Waals surface area contributed by atoms with Gasteiger partial charge in [0.2, 0.25) is 0 Å². The Kier molecular flexibility index (Phi) is 4.30. The van der Waals surface area contributed by atoms with Crippen molar-refractivity contribution in [1.82, 2.24) is 9.78 Å². The van der Waals surface area contributed by atoms with E-state index in [1.165, 1.54) is 4.68 Å². The van der Waals surface area contributed by atoms with Crippen molar-refractivity contribution in [3.63, 3.8) is 0 Å². The van der Waals surface area contributed by atoms with Crippen molar-refractivity contribution in [3.05, 3.63) is 11.4 Å². The van der Waals surface area contributed by atoms with E-state index in [2.05, 4.69) is 5.10 Å². The first-order chi connectivity index (χ1) is 7.56. The minimum atomic E-state index is -0.376. The van der Waals surface area contributed by atoms with Crippen molar-refractivity contribution >= 4 is 11.7 Å². The van der Waals surface area contributed by atoms with Crippen LogP contribution in [0.5, 0.6) is 0 Å². The molecule has 0 aromatic carbocycles. The molecule has 1 heterocycles. The Morgan fingerprint density at radius 1 is 1.56 bits per heavy atom. The summed E-state index contributed by atoms with van der Waals surface area (Å²) in [5, 5.41) is 12.6. The molecule has 0 spiro atoms. The van der Waals surface area contributed by atoms with E-state index >= 15 is 0 Å². The van der Waals surface area contributed by atoms with E-state index < -0.39 is 0 Å². The number of aromatic nitrogens is 2. The first-order valence-corrected chi connectivity index (χ1v) is 5.12. The molecule has 0 saturated carbocycles. The summed E-state index contributed by atoms with van der Waals surface area (Å²) >= 11 is 0. The molecule has 6 heteroatoms. The molecule has 0 amide bonds. The fraction of sp³-hybridized carbons (Fsp3) is 0.600. The highest BCUT2D eigenvalue weighted by atomic mass is 16.5. The van der Waals surface area contributed by atoms with Gasteiger partial charge >= 0.3 is 5.97 Å². The predicted octanol–water partition coefficient (Wildman–Crippen LogP) is 0.00774. The molecule has 16 heavy (non-hydrogen) atoms. The molecule has 0 unspecified atom stereocenters. The van der Waals surface area contributed by atoms with Crippen molar-refractivity contribution in [2.45, 2.75) is 26.8 Å². The molecule has 0 aliphatic rings. The van der Waals surface area contributed by atoms with Crippen molar-refractivity contribution in [3.8, 4) is 0 Å². The van der Waals surface area contributed by atoms with Crippen molar-refractivity contribution in [1.29, 1.82) is 0 Å². The van der Waals surface area contributed by atoms with E-state index in [0.717, 1.165) is 5.69 Å². The number of aliphatic hydroxyl groups excluding tert-OH is 1. The average molecular weight is 227 g/mol. The molecule has 0 atom stereocenters. The molecule has 90 valence electrons. The number of rotatable bonds is 5. The number of hydrogen-bond acceptors (Lipinski definition) is 5. The molecule has 1 aromatic heterocycles. The third kappa shape index (κ3) is 2.96. The Labute approximate surface area is 94.0 Å². The molecular weight excluding hydrogens is 210 g/mol. The Morgan fingerprint density at radius 3 is 2.75 bits per heavy atom. The maximum Gasteiger partial charge on any atom is 0.327 e. The van der Waals surface area contributed by atoms with Crippen LogP contribution in [0.3, 0.4) is 0 Å². The third-order valence-corrected chi connectivity index (χ3v) is 2.28. The third-order valence-electron chi connectivity index (χ3n) is 2.28. The van der Waals surface area contributed by atoms with Crippen LogP contribution in [-0.2, 0) is 16.1 Å². The Hall–Kier alpha value is -1.56. The number of aryl methyl sites for hydroxylation is 1. The van der Waals surface area contributed by atoms with Gasteiger partial charge in [-0.2, -0.15) is 5.10 Å². The molecule has 0 aliphatic heterocycles. The molecule has 6 nitrogen and oxygen atoms in total. The molecular formula is C10H17N3O3. The van der Waals surface area contributed by atoms with Gasteiger partial charge in [0.25, 0.3) is 0 Å². The maximum absolute atomic E-state index is 11.4. The SMILES string of the molecule is Cc1nn(CC(=O)OCCCO)c(C)c1N. The predicted molar refractivity (Wildman–Crippen MR) is 58.8 cm³/mol. The smallest absolute Gasteiger partial charge is 0.327 e. The van der Waals surface area contributed by atoms with Crippen molar-refractivity contribution in [2.24, 2.45) is 0 Å². The van der Waals surface area contributed by atoms with Gasteiger partial charge in [0.15, 0.2) is 0 Å². The van der Waals surface area contributed by atoms with Gasteiger partial charge in [-0.25, -0.2) is 0 Å². The lowest BCUT2D eigenvalue weighted by atomic mass is 10.3. The molecule has 3 N–H and O–H groups in total. The van der Waals surface area contributed by atoms with Crippen LogP contribution in [0.2, 0.25) is 0 Å². The van der Waals surface area contributed by atoms with Crippen LogP contribution in [0, 0.1) is 13.8 Å². The van der Waals surface area contributed by atoms with Gasteiger partial charge in [-0.1, -0.05) is 0 Å². The van der Waals surface area contributed by atoms with Crippen molar-refractivity contribution in [2.75, 3.05) is 18.9 Å². The van der Waals surface area contributed by atoms with E-state index in [0.29, 0.717) is 17.8 Å². The normalized spacial score (nSPS) is 10.4.